The van der Waals surface area contributed by atoms with E-state index < -0.39 is 0 Å². The van der Waals surface area contributed by atoms with Gasteiger partial charge in [-0.25, -0.2) is 9.97 Å². The van der Waals surface area contributed by atoms with E-state index in [9.17, 15) is 0 Å². The molecule has 0 saturated heterocycles. The monoisotopic (exact) mass is 512 g/mol. The van der Waals surface area contributed by atoms with Crippen LogP contribution in [-0.4, -0.2) is 9.97 Å². The highest BCUT2D eigenvalue weighted by molar-refractivity contribution is 9.10. The van der Waals surface area contributed by atoms with Crippen molar-refractivity contribution in [3.05, 3.63) is 132 Å². The maximum atomic E-state index is 5.09. The molecule has 3 heteroatoms. The molecule has 0 bridgehead atoms. The molecule has 0 fully saturated rings. The molecule has 0 aliphatic carbocycles. The number of hydrogen-bond acceptors (Lipinski definition) is 2. The third-order valence-electron chi connectivity index (χ3n) is 6.17. The molecule has 6 aromatic rings. The van der Waals surface area contributed by atoms with Crippen LogP contribution >= 0.6 is 15.9 Å². The summed E-state index contributed by atoms with van der Waals surface area (Å²) in [6, 6.07) is 43.9. The van der Waals surface area contributed by atoms with Crippen molar-refractivity contribution in [1.82, 2.24) is 9.97 Å². The molecule has 0 saturated carbocycles. The molecular weight excluding hydrogens is 492 g/mol. The summed E-state index contributed by atoms with van der Waals surface area (Å²) in [6.07, 6.45) is 0. The predicted molar refractivity (Wildman–Crippen MR) is 149 cm³/mol. The fourth-order valence-corrected chi connectivity index (χ4v) is 4.90. The quantitative estimate of drug-likeness (QED) is 0.235. The second kappa shape index (κ2) is 9.28. The number of rotatable bonds is 4. The third kappa shape index (κ3) is 4.27. The number of hydrogen-bond donors (Lipinski definition) is 0. The van der Waals surface area contributed by atoms with E-state index in [2.05, 4.69) is 119 Å². The van der Waals surface area contributed by atoms with Gasteiger partial charge in [0.1, 0.15) is 0 Å². The minimum atomic E-state index is 0.718. The van der Waals surface area contributed by atoms with E-state index in [-0.39, 0.29) is 0 Å². The van der Waals surface area contributed by atoms with Crippen LogP contribution in [0.25, 0.3) is 55.8 Å². The van der Waals surface area contributed by atoms with Gasteiger partial charge in [0.15, 0.2) is 5.82 Å². The van der Waals surface area contributed by atoms with E-state index in [1.54, 1.807) is 0 Å². The number of aromatic nitrogens is 2. The van der Waals surface area contributed by atoms with Crippen LogP contribution in [0.4, 0.5) is 0 Å². The number of fused-ring (bicyclic) bond motifs is 1. The first-order valence-corrected chi connectivity index (χ1v) is 12.3. The van der Waals surface area contributed by atoms with Crippen molar-refractivity contribution in [2.75, 3.05) is 0 Å². The van der Waals surface area contributed by atoms with Crippen molar-refractivity contribution >= 4 is 26.7 Å². The Balaban J connectivity index is 1.57. The second-order valence-electron chi connectivity index (χ2n) is 8.42. The van der Waals surface area contributed by atoms with Gasteiger partial charge < -0.3 is 0 Å². The van der Waals surface area contributed by atoms with Crippen LogP contribution in [0, 0.1) is 0 Å². The molecule has 6 rings (SSSR count). The third-order valence-corrected chi connectivity index (χ3v) is 6.86. The summed E-state index contributed by atoms with van der Waals surface area (Å²) in [4.78, 5) is 10.1. The lowest BCUT2D eigenvalue weighted by Crippen LogP contribution is -1.97. The minimum Gasteiger partial charge on any atom is -0.228 e. The zero-order chi connectivity index (χ0) is 23.6. The van der Waals surface area contributed by atoms with Gasteiger partial charge in [-0.2, -0.15) is 0 Å². The Morgan fingerprint density at radius 3 is 1.74 bits per heavy atom. The average molecular weight is 513 g/mol. The molecule has 1 heterocycles. The highest BCUT2D eigenvalue weighted by atomic mass is 79.9. The topological polar surface area (TPSA) is 25.8 Å². The summed E-state index contributed by atoms with van der Waals surface area (Å²) >= 11 is 3.70. The van der Waals surface area contributed by atoms with Gasteiger partial charge in [0.05, 0.1) is 11.4 Å². The Labute approximate surface area is 213 Å². The second-order valence-corrected chi connectivity index (χ2v) is 9.27. The Morgan fingerprint density at radius 1 is 0.429 bits per heavy atom. The lowest BCUT2D eigenvalue weighted by molar-refractivity contribution is 1.19. The molecule has 0 aliphatic heterocycles. The Kier molecular flexibility index (Phi) is 5.69. The summed E-state index contributed by atoms with van der Waals surface area (Å²) in [5.74, 6) is 0.718. The van der Waals surface area contributed by atoms with E-state index in [1.165, 1.54) is 11.1 Å². The molecule has 0 aliphatic rings. The summed E-state index contributed by atoms with van der Waals surface area (Å²) in [5, 5.41) is 2.27. The fourth-order valence-electron chi connectivity index (χ4n) is 4.42. The van der Waals surface area contributed by atoms with E-state index in [0.717, 1.165) is 49.1 Å². The van der Waals surface area contributed by atoms with E-state index in [1.807, 2.05) is 24.3 Å². The van der Waals surface area contributed by atoms with E-state index >= 15 is 0 Å². The van der Waals surface area contributed by atoms with Crippen LogP contribution in [0.3, 0.4) is 0 Å². The normalized spacial score (nSPS) is 11.0. The molecule has 0 radical (unpaired) electrons. The van der Waals surface area contributed by atoms with Crippen molar-refractivity contribution in [2.24, 2.45) is 0 Å². The summed E-state index contributed by atoms with van der Waals surface area (Å²) in [5.41, 5.74) is 7.31. The van der Waals surface area contributed by atoms with E-state index in [4.69, 9.17) is 9.97 Å². The van der Waals surface area contributed by atoms with Gasteiger partial charge >= 0.3 is 0 Å². The van der Waals surface area contributed by atoms with Crippen LogP contribution < -0.4 is 0 Å². The van der Waals surface area contributed by atoms with Crippen molar-refractivity contribution in [3.8, 4) is 45.0 Å². The first-order valence-electron chi connectivity index (χ1n) is 11.5. The van der Waals surface area contributed by atoms with Crippen molar-refractivity contribution in [3.63, 3.8) is 0 Å². The number of benzene rings is 5. The first kappa shape index (κ1) is 21.5. The Morgan fingerprint density at radius 2 is 1.00 bits per heavy atom. The van der Waals surface area contributed by atoms with Crippen LogP contribution in [-0.2, 0) is 0 Å². The summed E-state index contributed by atoms with van der Waals surface area (Å²) in [6.45, 7) is 0. The number of halogens is 1. The maximum absolute atomic E-state index is 5.09. The number of nitrogens with zero attached hydrogens (tertiary/aromatic N) is 2. The lowest BCUT2D eigenvalue weighted by atomic mass is 10.00. The Hall–Kier alpha value is -4.08. The predicted octanol–water partition coefficient (Wildman–Crippen LogP) is 9.06. The van der Waals surface area contributed by atoms with Crippen LogP contribution in [0.1, 0.15) is 0 Å². The molecule has 2 nitrogen and oxygen atoms in total. The van der Waals surface area contributed by atoms with Gasteiger partial charge in [-0.15, -0.1) is 0 Å². The van der Waals surface area contributed by atoms with Crippen LogP contribution in [0.5, 0.6) is 0 Å². The van der Waals surface area contributed by atoms with Gasteiger partial charge in [0, 0.05) is 21.2 Å². The summed E-state index contributed by atoms with van der Waals surface area (Å²) < 4.78 is 1.06. The first-order chi connectivity index (χ1) is 17.3. The molecule has 166 valence electrons. The van der Waals surface area contributed by atoms with Gasteiger partial charge in [-0.1, -0.05) is 119 Å². The molecule has 0 unspecified atom stereocenters. The van der Waals surface area contributed by atoms with Crippen LogP contribution in [0.15, 0.2) is 132 Å². The summed E-state index contributed by atoms with van der Waals surface area (Å²) in [7, 11) is 0. The highest BCUT2D eigenvalue weighted by Crippen LogP contribution is 2.35. The molecule has 5 aromatic carbocycles. The Bertz CT molecular complexity index is 1640. The molecule has 0 atom stereocenters. The molecule has 0 amide bonds. The lowest BCUT2D eigenvalue weighted by Gasteiger charge is -2.12. The smallest absolute Gasteiger partial charge is 0.161 e. The van der Waals surface area contributed by atoms with Crippen molar-refractivity contribution in [2.45, 2.75) is 0 Å². The maximum Gasteiger partial charge on any atom is 0.161 e. The van der Waals surface area contributed by atoms with Gasteiger partial charge in [-0.3, -0.25) is 0 Å². The fraction of sp³-hybridized carbons (Fsp3) is 0. The minimum absolute atomic E-state index is 0.718. The standard InChI is InChI=1S/C32H21BrN2/c33-29-19-18-28(26-16-7-8-17-27(26)29)32-34-30(23-12-5-2-6-13-23)21-31(35-32)25-15-9-14-24(20-25)22-10-3-1-4-11-22/h1-21H. The zero-order valence-corrected chi connectivity index (χ0v) is 20.5. The molecular formula is C32H21BrN2. The van der Waals surface area contributed by atoms with E-state index in [0.29, 0.717) is 0 Å². The largest absolute Gasteiger partial charge is 0.228 e. The van der Waals surface area contributed by atoms with Crippen LogP contribution in [0.2, 0.25) is 0 Å². The molecule has 0 N–H and O–H groups in total. The van der Waals surface area contributed by atoms with Gasteiger partial charge in [-0.05, 0) is 46.2 Å². The van der Waals surface area contributed by atoms with Gasteiger partial charge in [0.25, 0.3) is 0 Å². The highest BCUT2D eigenvalue weighted by Gasteiger charge is 2.14. The average Bonchev–Trinajstić information content (AvgIpc) is 2.94. The zero-order valence-electron chi connectivity index (χ0n) is 18.9. The molecule has 0 spiro atoms. The van der Waals surface area contributed by atoms with Gasteiger partial charge in [0.2, 0.25) is 0 Å². The molecule has 35 heavy (non-hydrogen) atoms. The SMILES string of the molecule is Brc1ccc(-c2nc(-c3ccccc3)cc(-c3cccc(-c4ccccc4)c3)n2)c2ccccc12. The van der Waals surface area contributed by atoms with Crippen molar-refractivity contribution < 1.29 is 0 Å². The van der Waals surface area contributed by atoms with Crippen molar-refractivity contribution in [1.29, 1.82) is 0 Å². The molecule has 1 aromatic heterocycles.